The molecular formula is C13H19FN4O. The lowest BCUT2D eigenvalue weighted by Crippen LogP contribution is -2.43. The topological polar surface area (TPSA) is 57.3 Å². The molecule has 1 fully saturated rings. The molecule has 0 unspecified atom stereocenters. The van der Waals surface area contributed by atoms with E-state index in [9.17, 15) is 9.18 Å². The van der Waals surface area contributed by atoms with Crippen LogP contribution in [-0.4, -0.2) is 49.0 Å². The quantitative estimate of drug-likeness (QED) is 0.860. The van der Waals surface area contributed by atoms with Crippen molar-refractivity contribution < 1.29 is 9.18 Å². The monoisotopic (exact) mass is 266 g/mol. The second-order valence-electron chi connectivity index (χ2n) is 4.82. The fourth-order valence-corrected chi connectivity index (χ4v) is 2.21. The lowest BCUT2D eigenvalue weighted by atomic mass is 10.0. The Hall–Kier alpha value is -1.69. The fourth-order valence-electron chi connectivity index (χ4n) is 2.21. The molecule has 104 valence electrons. The molecule has 0 saturated carbocycles. The van der Waals surface area contributed by atoms with Gasteiger partial charge in [0.2, 0.25) is 0 Å². The van der Waals surface area contributed by atoms with Crippen molar-refractivity contribution in [1.82, 2.24) is 15.2 Å². The van der Waals surface area contributed by atoms with Crippen LogP contribution in [0, 0.1) is 5.82 Å². The number of hydrogen-bond acceptors (Lipinski definition) is 4. The van der Waals surface area contributed by atoms with Crippen LogP contribution in [0.1, 0.15) is 23.2 Å². The minimum Gasteiger partial charge on any atom is -0.371 e. The van der Waals surface area contributed by atoms with Gasteiger partial charge < -0.3 is 15.5 Å². The van der Waals surface area contributed by atoms with Crippen molar-refractivity contribution in [2.75, 3.05) is 32.5 Å². The number of nitrogens with one attached hydrogen (secondary N) is 2. The first kappa shape index (κ1) is 13.7. The minimum absolute atomic E-state index is 0.0401. The largest absolute Gasteiger partial charge is 0.371 e. The van der Waals surface area contributed by atoms with Crippen LogP contribution in [0.15, 0.2) is 12.3 Å². The molecule has 0 bridgehead atoms. The second kappa shape index (κ2) is 5.97. The number of amides is 1. The van der Waals surface area contributed by atoms with E-state index in [2.05, 4.69) is 27.6 Å². The van der Waals surface area contributed by atoms with Crippen LogP contribution >= 0.6 is 0 Å². The molecule has 0 aromatic carbocycles. The highest BCUT2D eigenvalue weighted by atomic mass is 19.1. The summed E-state index contributed by atoms with van der Waals surface area (Å²) in [5, 5.41) is 5.51. The number of aromatic nitrogens is 1. The van der Waals surface area contributed by atoms with Gasteiger partial charge in [0.15, 0.2) is 11.6 Å². The molecule has 0 spiro atoms. The molecule has 1 aromatic rings. The first-order valence-corrected chi connectivity index (χ1v) is 6.43. The van der Waals surface area contributed by atoms with Crippen LogP contribution < -0.4 is 10.6 Å². The van der Waals surface area contributed by atoms with Gasteiger partial charge in [-0.05, 0) is 39.0 Å². The highest BCUT2D eigenvalue weighted by molar-refractivity contribution is 5.95. The summed E-state index contributed by atoms with van der Waals surface area (Å²) >= 11 is 0. The van der Waals surface area contributed by atoms with Gasteiger partial charge in [-0.15, -0.1) is 0 Å². The number of anilines is 1. The molecule has 2 N–H and O–H groups in total. The summed E-state index contributed by atoms with van der Waals surface area (Å²) in [7, 11) is 3.63. The summed E-state index contributed by atoms with van der Waals surface area (Å²) in [6, 6.07) is 1.52. The van der Waals surface area contributed by atoms with E-state index in [1.165, 1.54) is 12.3 Å². The van der Waals surface area contributed by atoms with E-state index in [-0.39, 0.29) is 23.3 Å². The molecule has 0 radical (unpaired) electrons. The van der Waals surface area contributed by atoms with Crippen LogP contribution in [0.2, 0.25) is 0 Å². The maximum atomic E-state index is 13.9. The number of carbonyl (C=O) groups is 1. The number of pyridine rings is 1. The van der Waals surface area contributed by atoms with Crippen molar-refractivity contribution in [3.63, 3.8) is 0 Å². The fraction of sp³-hybridized carbons (Fsp3) is 0.538. The number of nitrogens with zero attached hydrogens (tertiary/aromatic N) is 2. The highest BCUT2D eigenvalue weighted by Crippen LogP contribution is 2.15. The van der Waals surface area contributed by atoms with Crippen LogP contribution in [-0.2, 0) is 0 Å². The van der Waals surface area contributed by atoms with E-state index in [0.29, 0.717) is 0 Å². The molecule has 1 aliphatic rings. The molecule has 0 aliphatic carbocycles. The lowest BCUT2D eigenvalue weighted by Gasteiger charge is -2.29. The number of rotatable bonds is 3. The third-order valence-electron chi connectivity index (χ3n) is 3.42. The Morgan fingerprint density at radius 2 is 2.16 bits per heavy atom. The Labute approximate surface area is 112 Å². The van der Waals surface area contributed by atoms with Gasteiger partial charge in [0.05, 0.1) is 5.56 Å². The van der Waals surface area contributed by atoms with E-state index >= 15 is 0 Å². The zero-order chi connectivity index (χ0) is 13.8. The number of carbonyl (C=O) groups excluding carboxylic acids is 1. The standard InChI is InChI=1S/C13H19FN4O/c1-15-12-11(14)10(3-6-16-12)13(19)17-9-4-7-18(2)8-5-9/h3,6,9H,4-5,7-8H2,1-2H3,(H,15,16)(H,17,19). The van der Waals surface area contributed by atoms with Crippen LogP contribution in [0.5, 0.6) is 0 Å². The second-order valence-corrected chi connectivity index (χ2v) is 4.82. The molecule has 1 amide bonds. The third kappa shape index (κ3) is 3.20. The molecule has 6 heteroatoms. The summed E-state index contributed by atoms with van der Waals surface area (Å²) in [5.41, 5.74) is 0.0401. The van der Waals surface area contributed by atoms with E-state index in [4.69, 9.17) is 0 Å². The van der Waals surface area contributed by atoms with Crippen molar-refractivity contribution in [1.29, 1.82) is 0 Å². The summed E-state index contributed by atoms with van der Waals surface area (Å²) in [5.74, 6) is -0.877. The zero-order valence-corrected chi connectivity index (χ0v) is 11.2. The normalized spacial score (nSPS) is 17.2. The third-order valence-corrected chi connectivity index (χ3v) is 3.42. The van der Waals surface area contributed by atoms with Gasteiger partial charge >= 0.3 is 0 Å². The number of halogens is 1. The Bertz CT molecular complexity index is 458. The van der Waals surface area contributed by atoms with E-state index in [1.807, 2.05) is 0 Å². The number of likely N-dealkylation sites (tertiary alicyclic amines) is 1. The number of hydrogen-bond donors (Lipinski definition) is 2. The maximum absolute atomic E-state index is 13.9. The molecule has 5 nitrogen and oxygen atoms in total. The molecule has 1 saturated heterocycles. The summed E-state index contributed by atoms with van der Waals surface area (Å²) < 4.78 is 13.9. The summed E-state index contributed by atoms with van der Waals surface area (Å²) in [6.45, 7) is 1.90. The van der Waals surface area contributed by atoms with Gasteiger partial charge in [0.25, 0.3) is 5.91 Å². The molecular weight excluding hydrogens is 247 g/mol. The van der Waals surface area contributed by atoms with Crippen molar-refractivity contribution in [2.24, 2.45) is 0 Å². The van der Waals surface area contributed by atoms with Gasteiger partial charge in [-0.25, -0.2) is 9.37 Å². The smallest absolute Gasteiger partial charge is 0.254 e. The molecule has 0 atom stereocenters. The van der Waals surface area contributed by atoms with Crippen molar-refractivity contribution in [2.45, 2.75) is 18.9 Å². The summed E-state index contributed by atoms with van der Waals surface area (Å²) in [6.07, 6.45) is 3.22. The number of piperidine rings is 1. The summed E-state index contributed by atoms with van der Waals surface area (Å²) in [4.78, 5) is 18.1. The van der Waals surface area contributed by atoms with E-state index in [0.717, 1.165) is 25.9 Å². The Balaban J connectivity index is 2.04. The lowest BCUT2D eigenvalue weighted by molar-refractivity contribution is 0.0912. The van der Waals surface area contributed by atoms with Crippen molar-refractivity contribution in [3.8, 4) is 0 Å². The van der Waals surface area contributed by atoms with Gasteiger partial charge in [-0.1, -0.05) is 0 Å². The predicted molar refractivity (Wildman–Crippen MR) is 71.7 cm³/mol. The van der Waals surface area contributed by atoms with Crippen LogP contribution in [0.3, 0.4) is 0 Å². The molecule has 19 heavy (non-hydrogen) atoms. The van der Waals surface area contributed by atoms with Crippen molar-refractivity contribution >= 4 is 11.7 Å². The minimum atomic E-state index is -0.601. The predicted octanol–water partition coefficient (Wildman–Crippen LogP) is 1.09. The van der Waals surface area contributed by atoms with Gasteiger partial charge in [0.1, 0.15) is 0 Å². The molecule has 1 aromatic heterocycles. The Kier molecular flexibility index (Phi) is 4.31. The van der Waals surface area contributed by atoms with E-state index in [1.54, 1.807) is 7.05 Å². The first-order chi connectivity index (χ1) is 9.11. The first-order valence-electron chi connectivity index (χ1n) is 6.43. The van der Waals surface area contributed by atoms with Crippen LogP contribution in [0.4, 0.5) is 10.2 Å². The van der Waals surface area contributed by atoms with Gasteiger partial charge in [0, 0.05) is 19.3 Å². The Morgan fingerprint density at radius 1 is 1.47 bits per heavy atom. The average Bonchev–Trinajstić information content (AvgIpc) is 2.41. The maximum Gasteiger partial charge on any atom is 0.254 e. The van der Waals surface area contributed by atoms with Crippen molar-refractivity contribution in [3.05, 3.63) is 23.6 Å². The van der Waals surface area contributed by atoms with Gasteiger partial charge in [-0.2, -0.15) is 0 Å². The Morgan fingerprint density at radius 3 is 2.79 bits per heavy atom. The molecule has 2 rings (SSSR count). The van der Waals surface area contributed by atoms with E-state index < -0.39 is 5.82 Å². The van der Waals surface area contributed by atoms with Crippen LogP contribution in [0.25, 0.3) is 0 Å². The molecule has 2 heterocycles. The highest BCUT2D eigenvalue weighted by Gasteiger charge is 2.21. The zero-order valence-electron chi connectivity index (χ0n) is 11.2. The van der Waals surface area contributed by atoms with Gasteiger partial charge in [-0.3, -0.25) is 4.79 Å². The SMILES string of the molecule is CNc1nccc(C(=O)NC2CCN(C)CC2)c1F. The molecule has 1 aliphatic heterocycles. The average molecular weight is 266 g/mol.